The Morgan fingerprint density at radius 1 is 0.952 bits per heavy atom. The first-order valence-electron chi connectivity index (χ1n) is 7.43. The fourth-order valence-corrected chi connectivity index (χ4v) is 2.46. The van der Waals surface area contributed by atoms with Crippen molar-refractivity contribution in [2.75, 3.05) is 0 Å². The smallest absolute Gasteiger partial charge is 0.0709 e. The highest BCUT2D eigenvalue weighted by Crippen LogP contribution is 2.21. The lowest BCUT2D eigenvalue weighted by Crippen LogP contribution is -2.15. The highest BCUT2D eigenvalue weighted by atomic mass is 14.7. The number of hydrogen-bond acceptors (Lipinski definition) is 2. The van der Waals surface area contributed by atoms with Crippen LogP contribution in [0, 0.1) is 0 Å². The fraction of sp³-hybridized carbons (Fsp3) is 0.211. The van der Waals surface area contributed by atoms with Crippen molar-refractivity contribution in [3.8, 4) is 11.3 Å². The van der Waals surface area contributed by atoms with E-state index in [1.54, 1.807) is 0 Å². The Labute approximate surface area is 125 Å². The second-order valence-electron chi connectivity index (χ2n) is 5.60. The van der Waals surface area contributed by atoms with Gasteiger partial charge in [0.1, 0.15) is 0 Å². The number of rotatable bonds is 4. The van der Waals surface area contributed by atoms with Gasteiger partial charge in [0, 0.05) is 17.0 Å². The molecule has 0 spiro atoms. The van der Waals surface area contributed by atoms with Crippen LogP contribution in [0.1, 0.15) is 18.9 Å². The Morgan fingerprint density at radius 2 is 1.71 bits per heavy atom. The molecule has 21 heavy (non-hydrogen) atoms. The van der Waals surface area contributed by atoms with Crippen molar-refractivity contribution in [2.45, 2.75) is 25.8 Å². The molecule has 0 amide bonds. The van der Waals surface area contributed by atoms with Crippen LogP contribution < -0.4 is 5.73 Å². The molecule has 2 nitrogen and oxygen atoms in total. The minimum atomic E-state index is 0.256. The Bertz CT molecular complexity index is 730. The second-order valence-corrected chi connectivity index (χ2v) is 5.60. The van der Waals surface area contributed by atoms with E-state index in [0.717, 1.165) is 29.6 Å². The predicted molar refractivity (Wildman–Crippen MR) is 89.1 cm³/mol. The summed E-state index contributed by atoms with van der Waals surface area (Å²) in [6.45, 7) is 2.05. The van der Waals surface area contributed by atoms with Gasteiger partial charge in [0.05, 0.1) is 11.2 Å². The highest BCUT2D eigenvalue weighted by Gasteiger charge is 2.02. The summed E-state index contributed by atoms with van der Waals surface area (Å²) in [7, 11) is 0. The van der Waals surface area contributed by atoms with Gasteiger partial charge in [-0.3, -0.25) is 0 Å². The Kier molecular flexibility index (Phi) is 3.98. The molecule has 0 saturated heterocycles. The summed E-state index contributed by atoms with van der Waals surface area (Å²) in [4.78, 5) is 4.73. The molecule has 1 atom stereocenters. The van der Waals surface area contributed by atoms with Gasteiger partial charge in [-0.15, -0.1) is 0 Å². The number of para-hydroxylation sites is 1. The first-order valence-corrected chi connectivity index (χ1v) is 7.43. The number of aromatic nitrogens is 1. The van der Waals surface area contributed by atoms with E-state index in [1.807, 2.05) is 19.1 Å². The van der Waals surface area contributed by atoms with Gasteiger partial charge >= 0.3 is 0 Å². The third-order valence-corrected chi connectivity index (χ3v) is 3.74. The SMILES string of the molecule is CC(N)CCc1ccc(-c2ccc3ccccc3n2)cc1. The number of fused-ring (bicyclic) bond motifs is 1. The summed E-state index contributed by atoms with van der Waals surface area (Å²) in [5, 5.41) is 1.18. The second kappa shape index (κ2) is 6.06. The van der Waals surface area contributed by atoms with Crippen LogP contribution >= 0.6 is 0 Å². The first-order chi connectivity index (χ1) is 10.2. The van der Waals surface area contributed by atoms with Crippen LogP contribution in [-0.4, -0.2) is 11.0 Å². The number of nitrogens with two attached hydrogens (primary N) is 1. The lowest BCUT2D eigenvalue weighted by atomic mass is 10.0. The van der Waals surface area contributed by atoms with Crippen molar-refractivity contribution >= 4 is 10.9 Å². The molecule has 2 aromatic carbocycles. The Morgan fingerprint density at radius 3 is 2.48 bits per heavy atom. The van der Waals surface area contributed by atoms with Crippen molar-refractivity contribution in [1.82, 2.24) is 4.98 Å². The van der Waals surface area contributed by atoms with E-state index < -0.39 is 0 Å². The third-order valence-electron chi connectivity index (χ3n) is 3.74. The van der Waals surface area contributed by atoms with Crippen molar-refractivity contribution in [3.05, 3.63) is 66.2 Å². The minimum Gasteiger partial charge on any atom is -0.328 e. The van der Waals surface area contributed by atoms with Crippen LogP contribution in [0.3, 0.4) is 0 Å². The number of benzene rings is 2. The van der Waals surface area contributed by atoms with Gasteiger partial charge in [-0.25, -0.2) is 4.98 Å². The lowest BCUT2D eigenvalue weighted by Gasteiger charge is -2.07. The van der Waals surface area contributed by atoms with E-state index in [9.17, 15) is 0 Å². The topological polar surface area (TPSA) is 38.9 Å². The summed E-state index contributed by atoms with van der Waals surface area (Å²) in [6.07, 6.45) is 2.05. The van der Waals surface area contributed by atoms with Gasteiger partial charge in [0.25, 0.3) is 0 Å². The lowest BCUT2D eigenvalue weighted by molar-refractivity contribution is 0.666. The molecule has 0 aliphatic rings. The van der Waals surface area contributed by atoms with E-state index in [4.69, 9.17) is 10.7 Å². The van der Waals surface area contributed by atoms with Crippen molar-refractivity contribution in [2.24, 2.45) is 5.73 Å². The van der Waals surface area contributed by atoms with E-state index in [1.165, 1.54) is 10.9 Å². The summed E-state index contributed by atoms with van der Waals surface area (Å²) >= 11 is 0. The molecule has 0 bridgehead atoms. The van der Waals surface area contributed by atoms with E-state index in [-0.39, 0.29) is 6.04 Å². The largest absolute Gasteiger partial charge is 0.328 e. The zero-order chi connectivity index (χ0) is 14.7. The van der Waals surface area contributed by atoms with Crippen LogP contribution in [0.25, 0.3) is 22.2 Å². The molecule has 106 valence electrons. The quantitative estimate of drug-likeness (QED) is 0.776. The number of hydrogen-bond donors (Lipinski definition) is 1. The molecule has 0 aliphatic carbocycles. The predicted octanol–water partition coefficient (Wildman–Crippen LogP) is 4.18. The molecular weight excluding hydrogens is 256 g/mol. The van der Waals surface area contributed by atoms with Crippen molar-refractivity contribution < 1.29 is 0 Å². The number of pyridine rings is 1. The van der Waals surface area contributed by atoms with Crippen LogP contribution in [-0.2, 0) is 6.42 Å². The maximum Gasteiger partial charge on any atom is 0.0709 e. The molecule has 0 fully saturated rings. The van der Waals surface area contributed by atoms with Gasteiger partial charge in [0.15, 0.2) is 0 Å². The molecule has 2 heteroatoms. The maximum atomic E-state index is 5.80. The molecule has 0 aliphatic heterocycles. The van der Waals surface area contributed by atoms with E-state index in [0.29, 0.717) is 0 Å². The van der Waals surface area contributed by atoms with Crippen LogP contribution in [0.2, 0.25) is 0 Å². The normalized spacial score (nSPS) is 12.5. The van der Waals surface area contributed by atoms with E-state index >= 15 is 0 Å². The standard InChI is InChI=1S/C19H20N2/c1-14(20)6-7-15-8-10-17(11-9-15)19-13-12-16-4-2-3-5-18(16)21-19/h2-5,8-14H,6-7,20H2,1H3. The van der Waals surface area contributed by atoms with Crippen molar-refractivity contribution in [1.29, 1.82) is 0 Å². The maximum absolute atomic E-state index is 5.80. The monoisotopic (exact) mass is 276 g/mol. The minimum absolute atomic E-state index is 0.256. The molecule has 1 aromatic heterocycles. The number of aryl methyl sites for hydroxylation is 1. The molecule has 3 aromatic rings. The Balaban J connectivity index is 1.85. The molecule has 1 unspecified atom stereocenters. The highest BCUT2D eigenvalue weighted by molar-refractivity contribution is 5.81. The van der Waals surface area contributed by atoms with Gasteiger partial charge in [-0.1, -0.05) is 48.5 Å². The first kappa shape index (κ1) is 13.8. The zero-order valence-corrected chi connectivity index (χ0v) is 12.3. The van der Waals surface area contributed by atoms with Gasteiger partial charge in [-0.05, 0) is 37.5 Å². The summed E-state index contributed by atoms with van der Waals surface area (Å²) in [6, 6.07) is 21.3. The molecule has 3 rings (SSSR count). The van der Waals surface area contributed by atoms with Gasteiger partial charge < -0.3 is 5.73 Å². The van der Waals surface area contributed by atoms with Crippen LogP contribution in [0.4, 0.5) is 0 Å². The third kappa shape index (κ3) is 3.29. The summed E-state index contributed by atoms with van der Waals surface area (Å²) in [5.74, 6) is 0. The van der Waals surface area contributed by atoms with Gasteiger partial charge in [-0.2, -0.15) is 0 Å². The van der Waals surface area contributed by atoms with Gasteiger partial charge in [0.2, 0.25) is 0 Å². The average Bonchev–Trinajstić information content (AvgIpc) is 2.53. The summed E-state index contributed by atoms with van der Waals surface area (Å²) < 4.78 is 0. The molecule has 0 saturated carbocycles. The zero-order valence-electron chi connectivity index (χ0n) is 12.3. The molecular formula is C19H20N2. The number of nitrogens with zero attached hydrogens (tertiary/aromatic N) is 1. The summed E-state index contributed by atoms with van der Waals surface area (Å²) in [5.41, 5.74) is 10.4. The average molecular weight is 276 g/mol. The molecule has 0 radical (unpaired) electrons. The molecule has 1 heterocycles. The van der Waals surface area contributed by atoms with Crippen LogP contribution in [0.15, 0.2) is 60.7 Å². The fourth-order valence-electron chi connectivity index (χ4n) is 2.46. The van der Waals surface area contributed by atoms with E-state index in [2.05, 4.69) is 48.5 Å². The van der Waals surface area contributed by atoms with Crippen LogP contribution in [0.5, 0.6) is 0 Å². The molecule has 2 N–H and O–H groups in total. The van der Waals surface area contributed by atoms with Crippen molar-refractivity contribution in [3.63, 3.8) is 0 Å². The Hall–Kier alpha value is -2.19.